The summed E-state index contributed by atoms with van der Waals surface area (Å²) in [6, 6.07) is -6.99. The van der Waals surface area contributed by atoms with E-state index in [1.54, 1.807) is 20.8 Å². The molecular formula is C25H47N6O14P. The highest BCUT2D eigenvalue weighted by atomic mass is 31.2. The van der Waals surface area contributed by atoms with Gasteiger partial charge >= 0.3 is 19.8 Å². The third-order valence-electron chi connectivity index (χ3n) is 6.94. The van der Waals surface area contributed by atoms with Crippen LogP contribution >= 0.6 is 7.82 Å². The molecule has 0 saturated heterocycles. The maximum Gasteiger partial charge on any atom is 0.469 e. The molecule has 0 spiro atoms. The fourth-order valence-corrected chi connectivity index (χ4v) is 3.93. The minimum Gasteiger partial charge on any atom is -0.481 e. The van der Waals surface area contributed by atoms with E-state index in [9.17, 15) is 38.1 Å². The van der Waals surface area contributed by atoms with E-state index < -0.39 is 118 Å². The number of phosphoric acid groups is 1. The van der Waals surface area contributed by atoms with Crippen molar-refractivity contribution in [3.05, 3.63) is 0 Å². The lowest BCUT2D eigenvalue weighted by molar-refractivity contribution is -0.143. The lowest BCUT2D eigenvalue weighted by Crippen LogP contribution is -2.59. The second-order valence-corrected chi connectivity index (χ2v) is 11.8. The Morgan fingerprint density at radius 2 is 1.30 bits per heavy atom. The van der Waals surface area contributed by atoms with E-state index in [0.717, 1.165) is 0 Å². The predicted octanol–water partition coefficient (Wildman–Crippen LogP) is -3.16. The summed E-state index contributed by atoms with van der Waals surface area (Å²) in [7, 11) is -5.14. The average molecular weight is 687 g/mol. The molecule has 0 aromatic carbocycles. The molecule has 0 aromatic heterocycles. The van der Waals surface area contributed by atoms with Crippen molar-refractivity contribution in [2.75, 3.05) is 6.61 Å². The van der Waals surface area contributed by atoms with Gasteiger partial charge in [0.15, 0.2) is 0 Å². The second-order valence-electron chi connectivity index (χ2n) is 10.5. The first-order valence-electron chi connectivity index (χ1n) is 14.1. The summed E-state index contributed by atoms with van der Waals surface area (Å²) < 4.78 is 15.6. The number of hydrogen-bond acceptors (Lipinski definition) is 11. The first-order chi connectivity index (χ1) is 20.7. The molecule has 0 fully saturated rings. The Labute approximate surface area is 265 Å². The maximum atomic E-state index is 13.2. The number of carbonyl (C=O) groups is 7. The molecule has 0 aromatic rings. The number of carboxylic acid groups (broad SMARTS) is 2. The van der Waals surface area contributed by atoms with Gasteiger partial charge in [-0.15, -0.1) is 0 Å². The molecule has 7 atom stereocenters. The number of rotatable bonds is 21. The van der Waals surface area contributed by atoms with Gasteiger partial charge in [-0.1, -0.05) is 40.5 Å². The molecule has 2 unspecified atom stereocenters. The van der Waals surface area contributed by atoms with Crippen molar-refractivity contribution < 1.29 is 68.1 Å². The molecule has 14 N–H and O–H groups in total. The Balaban J connectivity index is 0. The Bertz CT molecular complexity index is 1120. The molecule has 46 heavy (non-hydrogen) atoms. The molecule has 0 aliphatic heterocycles. The van der Waals surface area contributed by atoms with Gasteiger partial charge in [-0.2, -0.15) is 0 Å². The summed E-state index contributed by atoms with van der Waals surface area (Å²) in [6.45, 7) is 5.86. The molecule has 0 bridgehead atoms. The number of carboxylic acids is 2. The Morgan fingerprint density at radius 1 is 0.761 bits per heavy atom. The number of imide groups is 1. The highest BCUT2D eigenvalue weighted by Crippen LogP contribution is 2.35. The summed E-state index contributed by atoms with van der Waals surface area (Å²) in [4.78, 5) is 103. The van der Waals surface area contributed by atoms with Crippen LogP contribution in [0.4, 0.5) is 0 Å². The minimum absolute atomic E-state index is 0. The fraction of sp³-hybridized carbons (Fsp3) is 0.720. The third-order valence-corrected chi connectivity index (χ3v) is 7.42. The van der Waals surface area contributed by atoms with Gasteiger partial charge in [-0.25, -0.2) is 9.36 Å². The van der Waals surface area contributed by atoms with Crippen molar-refractivity contribution in [2.24, 2.45) is 23.3 Å². The van der Waals surface area contributed by atoms with Crippen LogP contribution in [0.15, 0.2) is 0 Å². The van der Waals surface area contributed by atoms with Crippen molar-refractivity contribution in [3.8, 4) is 0 Å². The van der Waals surface area contributed by atoms with E-state index in [0.29, 0.717) is 12.8 Å². The largest absolute Gasteiger partial charge is 0.481 e. The monoisotopic (exact) mass is 686 g/mol. The van der Waals surface area contributed by atoms with E-state index in [1.165, 1.54) is 0 Å². The molecule has 266 valence electrons. The topological polar surface area (TPSA) is 358 Å². The maximum absolute atomic E-state index is 13.2. The zero-order valence-electron chi connectivity index (χ0n) is 26.1. The second kappa shape index (κ2) is 21.3. The number of phosphoric ester groups is 1. The third kappa shape index (κ3) is 17.2. The van der Waals surface area contributed by atoms with Crippen LogP contribution in [-0.2, 0) is 42.7 Å². The average Bonchev–Trinajstić information content (AvgIpc) is 2.96. The van der Waals surface area contributed by atoms with Crippen LogP contribution < -0.4 is 32.7 Å². The predicted molar refractivity (Wildman–Crippen MR) is 159 cm³/mol. The Kier molecular flexibility index (Phi) is 20.7. The zero-order chi connectivity index (χ0) is 35.1. The summed E-state index contributed by atoms with van der Waals surface area (Å²) >= 11 is 0. The fourth-order valence-electron chi connectivity index (χ4n) is 3.59. The van der Waals surface area contributed by atoms with Crippen LogP contribution in [-0.4, -0.2) is 104 Å². The van der Waals surface area contributed by atoms with Crippen LogP contribution in [0.5, 0.6) is 0 Å². The molecule has 0 aliphatic carbocycles. The molecule has 0 heterocycles. The molecular weight excluding hydrogens is 639 g/mol. The van der Waals surface area contributed by atoms with Gasteiger partial charge in [-0.3, -0.25) is 38.6 Å². The SMILES string of the molecule is CCC(C)[C@H](N)C(=O)N[C@H](C(=O)N[C@@H](COP(=O)(O)O)C(=O)NC(=O)CC[C@H](N)C(=O)N[C@@H](CCC(=O)O)C(=O)O)C(C)CC.O. The lowest BCUT2D eigenvalue weighted by Gasteiger charge is -2.28. The van der Waals surface area contributed by atoms with E-state index in [-0.39, 0.29) is 11.4 Å². The van der Waals surface area contributed by atoms with E-state index in [1.807, 2.05) is 12.2 Å². The normalized spacial score (nSPS) is 15.7. The van der Waals surface area contributed by atoms with Crippen molar-refractivity contribution in [1.82, 2.24) is 21.3 Å². The van der Waals surface area contributed by atoms with Gasteiger partial charge in [0, 0.05) is 12.8 Å². The van der Waals surface area contributed by atoms with Gasteiger partial charge in [0.25, 0.3) is 5.91 Å². The van der Waals surface area contributed by atoms with Gasteiger partial charge in [-0.05, 0) is 24.7 Å². The van der Waals surface area contributed by atoms with Gasteiger partial charge < -0.3 is 52.9 Å². The summed E-state index contributed by atoms with van der Waals surface area (Å²) in [5.74, 6) is -8.32. The van der Waals surface area contributed by atoms with Gasteiger partial charge in [0.05, 0.1) is 18.7 Å². The minimum atomic E-state index is -5.14. The van der Waals surface area contributed by atoms with Crippen molar-refractivity contribution >= 4 is 49.3 Å². The van der Waals surface area contributed by atoms with Gasteiger partial charge in [0.1, 0.15) is 18.1 Å². The zero-order valence-corrected chi connectivity index (χ0v) is 27.0. The number of hydrogen-bond donors (Lipinski definition) is 10. The molecule has 21 heteroatoms. The molecule has 0 aliphatic rings. The van der Waals surface area contributed by atoms with Crippen LogP contribution in [0.2, 0.25) is 0 Å². The van der Waals surface area contributed by atoms with Crippen molar-refractivity contribution in [1.29, 1.82) is 0 Å². The highest BCUT2D eigenvalue weighted by molar-refractivity contribution is 7.46. The number of nitrogens with two attached hydrogens (primary N) is 2. The lowest BCUT2D eigenvalue weighted by atomic mass is 9.95. The summed E-state index contributed by atoms with van der Waals surface area (Å²) in [5, 5.41) is 26.6. The molecule has 0 saturated carbocycles. The van der Waals surface area contributed by atoms with Crippen LogP contribution in [0.3, 0.4) is 0 Å². The quantitative estimate of drug-likeness (QED) is 0.0533. The standard InChI is InChI=1S/C25H45N6O13P.H2O/c1-5-12(3)19(27)23(37)31-20(13(4)6-2)24(38)29-16(11-44-45(41,42)43)22(36)30-17(32)9-7-14(26)21(35)28-15(25(39)40)8-10-18(33)34;/h12-16,19-20H,5-11,26-27H2,1-4H3,(H,28,35)(H,29,38)(H,31,37)(H,33,34)(H,39,40)(H,30,32,36)(H2,41,42,43);1H2/t12?,13?,14-,15-,16-,19-,20-;/m0./s1. The Morgan fingerprint density at radius 3 is 1.78 bits per heavy atom. The first kappa shape index (κ1) is 44.6. The molecule has 0 rings (SSSR count). The van der Waals surface area contributed by atoms with Crippen LogP contribution in [0, 0.1) is 11.8 Å². The van der Waals surface area contributed by atoms with Crippen molar-refractivity contribution in [3.63, 3.8) is 0 Å². The van der Waals surface area contributed by atoms with E-state index >= 15 is 0 Å². The molecule has 5 amide bonds. The number of nitrogens with one attached hydrogen (secondary N) is 4. The summed E-state index contributed by atoms with van der Waals surface area (Å²) in [5.41, 5.74) is 11.6. The smallest absolute Gasteiger partial charge is 0.469 e. The number of amides is 5. The van der Waals surface area contributed by atoms with Crippen LogP contribution in [0.25, 0.3) is 0 Å². The van der Waals surface area contributed by atoms with E-state index in [2.05, 4.69) is 20.5 Å². The Hall–Kier alpha value is -3.52. The molecule has 20 nitrogen and oxygen atoms in total. The number of carbonyl (C=O) groups excluding carboxylic acids is 5. The molecule has 0 radical (unpaired) electrons. The van der Waals surface area contributed by atoms with Crippen molar-refractivity contribution in [2.45, 2.75) is 96.4 Å². The van der Waals surface area contributed by atoms with Gasteiger partial charge in [0.2, 0.25) is 23.6 Å². The van der Waals surface area contributed by atoms with E-state index in [4.69, 9.17) is 31.5 Å². The first-order valence-corrected chi connectivity index (χ1v) is 15.7. The summed E-state index contributed by atoms with van der Waals surface area (Å²) in [6.07, 6.45) is -0.955. The highest BCUT2D eigenvalue weighted by Gasteiger charge is 2.34. The van der Waals surface area contributed by atoms with Crippen LogP contribution in [0.1, 0.15) is 66.2 Å². The number of aliphatic carboxylic acids is 2.